The quantitative estimate of drug-likeness (QED) is 0.746. The van der Waals surface area contributed by atoms with E-state index in [4.69, 9.17) is 10.5 Å². The van der Waals surface area contributed by atoms with Gasteiger partial charge < -0.3 is 15.8 Å². The van der Waals surface area contributed by atoms with Crippen LogP contribution in [-0.2, 0) is 0 Å². The third-order valence-corrected chi connectivity index (χ3v) is 3.52. The zero-order valence-electron chi connectivity index (χ0n) is 12.4. The highest BCUT2D eigenvalue weighted by Gasteiger charge is 2.14. The molecule has 0 unspecified atom stereocenters. The molecular weight excluding hydrogens is 254 g/mol. The van der Waals surface area contributed by atoms with Gasteiger partial charge in [0.1, 0.15) is 0 Å². The lowest BCUT2D eigenvalue weighted by molar-refractivity contribution is 0.222. The van der Waals surface area contributed by atoms with E-state index in [0.717, 1.165) is 18.9 Å². The van der Waals surface area contributed by atoms with Crippen molar-refractivity contribution in [1.82, 2.24) is 15.0 Å². The Morgan fingerprint density at radius 1 is 1.25 bits per heavy atom. The number of nitrogens with one attached hydrogen (secondary N) is 1. The zero-order chi connectivity index (χ0) is 14.4. The second kappa shape index (κ2) is 7.26. The third kappa shape index (κ3) is 4.83. The Labute approximate surface area is 120 Å². The fourth-order valence-electron chi connectivity index (χ4n) is 2.60. The number of nitrogen functional groups attached to an aromatic ring is 1. The Morgan fingerprint density at radius 2 is 2.00 bits per heavy atom. The van der Waals surface area contributed by atoms with Crippen LogP contribution in [0.3, 0.4) is 0 Å². The number of nitrogens with zero attached hydrogens (tertiary/aromatic N) is 3. The molecule has 1 aromatic heterocycles. The monoisotopic (exact) mass is 279 g/mol. The molecule has 1 fully saturated rings. The van der Waals surface area contributed by atoms with Gasteiger partial charge in [0, 0.05) is 6.54 Å². The largest absolute Gasteiger partial charge is 0.461 e. The maximum atomic E-state index is 5.66. The van der Waals surface area contributed by atoms with Crippen LogP contribution in [0.1, 0.15) is 52.4 Å². The molecular formula is C14H25N5O. The summed E-state index contributed by atoms with van der Waals surface area (Å²) in [7, 11) is 0. The molecule has 0 aromatic carbocycles. The maximum Gasteiger partial charge on any atom is 0.323 e. The first kappa shape index (κ1) is 14.8. The van der Waals surface area contributed by atoms with E-state index in [2.05, 4.69) is 20.3 Å². The van der Waals surface area contributed by atoms with Gasteiger partial charge in [0.2, 0.25) is 11.9 Å². The first-order valence-corrected chi connectivity index (χ1v) is 7.55. The van der Waals surface area contributed by atoms with E-state index in [-0.39, 0.29) is 18.1 Å². The summed E-state index contributed by atoms with van der Waals surface area (Å²) in [5.74, 6) is 1.61. The molecule has 112 valence electrons. The van der Waals surface area contributed by atoms with E-state index in [1.165, 1.54) is 32.1 Å². The first-order valence-electron chi connectivity index (χ1n) is 7.55. The number of anilines is 2. The van der Waals surface area contributed by atoms with Gasteiger partial charge in [-0.25, -0.2) is 0 Å². The fraction of sp³-hybridized carbons (Fsp3) is 0.786. The molecule has 0 radical (unpaired) electrons. The summed E-state index contributed by atoms with van der Waals surface area (Å²) in [5.41, 5.74) is 5.66. The van der Waals surface area contributed by atoms with Crippen molar-refractivity contribution < 1.29 is 4.74 Å². The summed E-state index contributed by atoms with van der Waals surface area (Å²) in [4.78, 5) is 12.2. The van der Waals surface area contributed by atoms with Gasteiger partial charge in [0.15, 0.2) is 0 Å². The molecule has 0 aliphatic heterocycles. The molecule has 0 saturated heterocycles. The van der Waals surface area contributed by atoms with Crippen molar-refractivity contribution in [1.29, 1.82) is 0 Å². The van der Waals surface area contributed by atoms with Gasteiger partial charge in [-0.05, 0) is 32.6 Å². The molecule has 0 amide bonds. The van der Waals surface area contributed by atoms with Gasteiger partial charge in [-0.2, -0.15) is 15.0 Å². The number of ether oxygens (including phenoxy) is 1. The lowest BCUT2D eigenvalue weighted by Crippen LogP contribution is -2.13. The average Bonchev–Trinajstić information content (AvgIpc) is 2.86. The van der Waals surface area contributed by atoms with Crippen LogP contribution in [-0.4, -0.2) is 27.6 Å². The Kier molecular flexibility index (Phi) is 5.38. The highest BCUT2D eigenvalue weighted by Crippen LogP contribution is 2.28. The second-order valence-corrected chi connectivity index (χ2v) is 5.69. The van der Waals surface area contributed by atoms with Crippen molar-refractivity contribution in [2.24, 2.45) is 5.92 Å². The minimum absolute atomic E-state index is 0.0204. The van der Waals surface area contributed by atoms with Gasteiger partial charge >= 0.3 is 6.01 Å². The zero-order valence-corrected chi connectivity index (χ0v) is 12.4. The van der Waals surface area contributed by atoms with Crippen molar-refractivity contribution in [2.75, 3.05) is 17.6 Å². The van der Waals surface area contributed by atoms with E-state index in [9.17, 15) is 0 Å². The molecule has 1 aromatic rings. The van der Waals surface area contributed by atoms with Crippen molar-refractivity contribution in [3.8, 4) is 6.01 Å². The molecule has 1 aliphatic carbocycles. The van der Waals surface area contributed by atoms with Crippen LogP contribution in [0.4, 0.5) is 11.9 Å². The smallest absolute Gasteiger partial charge is 0.323 e. The van der Waals surface area contributed by atoms with Gasteiger partial charge in [-0.1, -0.05) is 25.7 Å². The minimum Gasteiger partial charge on any atom is -0.461 e. The van der Waals surface area contributed by atoms with Crippen LogP contribution in [0.2, 0.25) is 0 Å². The van der Waals surface area contributed by atoms with Crippen molar-refractivity contribution in [3.05, 3.63) is 0 Å². The highest BCUT2D eigenvalue weighted by atomic mass is 16.5. The normalized spacial score (nSPS) is 15.8. The maximum absolute atomic E-state index is 5.66. The molecule has 2 rings (SSSR count). The summed E-state index contributed by atoms with van der Waals surface area (Å²) in [6.45, 7) is 4.71. The predicted molar refractivity (Wildman–Crippen MR) is 79.7 cm³/mol. The average molecular weight is 279 g/mol. The van der Waals surface area contributed by atoms with Crippen LogP contribution < -0.4 is 15.8 Å². The number of rotatable bonds is 7. The van der Waals surface area contributed by atoms with E-state index in [1.807, 2.05) is 13.8 Å². The lowest BCUT2D eigenvalue weighted by Gasteiger charge is -2.11. The molecule has 0 bridgehead atoms. The van der Waals surface area contributed by atoms with Crippen molar-refractivity contribution >= 4 is 11.9 Å². The summed E-state index contributed by atoms with van der Waals surface area (Å²) in [6.07, 6.45) is 8.03. The van der Waals surface area contributed by atoms with Crippen molar-refractivity contribution in [2.45, 2.75) is 58.5 Å². The Hall–Kier alpha value is -1.59. The highest BCUT2D eigenvalue weighted by molar-refractivity contribution is 5.32. The number of nitrogens with two attached hydrogens (primary N) is 1. The van der Waals surface area contributed by atoms with Crippen LogP contribution in [0, 0.1) is 5.92 Å². The molecule has 3 N–H and O–H groups in total. The molecule has 6 nitrogen and oxygen atoms in total. The molecule has 1 saturated carbocycles. The summed E-state index contributed by atoms with van der Waals surface area (Å²) >= 11 is 0. The van der Waals surface area contributed by atoms with Crippen LogP contribution in [0.5, 0.6) is 6.01 Å². The van der Waals surface area contributed by atoms with Gasteiger partial charge in [0.25, 0.3) is 0 Å². The van der Waals surface area contributed by atoms with E-state index in [1.54, 1.807) is 0 Å². The topological polar surface area (TPSA) is 86.0 Å². The van der Waals surface area contributed by atoms with E-state index < -0.39 is 0 Å². The van der Waals surface area contributed by atoms with Gasteiger partial charge in [0.05, 0.1) is 6.10 Å². The lowest BCUT2D eigenvalue weighted by atomic mass is 10.0. The van der Waals surface area contributed by atoms with Crippen LogP contribution in [0.15, 0.2) is 0 Å². The van der Waals surface area contributed by atoms with E-state index >= 15 is 0 Å². The number of hydrogen-bond acceptors (Lipinski definition) is 6. The minimum atomic E-state index is 0.0204. The second-order valence-electron chi connectivity index (χ2n) is 5.69. The van der Waals surface area contributed by atoms with Crippen LogP contribution in [0.25, 0.3) is 0 Å². The Bertz CT molecular complexity index is 418. The summed E-state index contributed by atoms with van der Waals surface area (Å²) in [6, 6.07) is 0.283. The molecule has 0 atom stereocenters. The molecule has 20 heavy (non-hydrogen) atoms. The fourth-order valence-corrected chi connectivity index (χ4v) is 2.60. The number of hydrogen-bond donors (Lipinski definition) is 2. The third-order valence-electron chi connectivity index (χ3n) is 3.52. The summed E-state index contributed by atoms with van der Waals surface area (Å²) in [5, 5.41) is 3.20. The SMILES string of the molecule is CC(C)Oc1nc(N)nc(NCCCC2CCCC2)n1. The van der Waals surface area contributed by atoms with Crippen molar-refractivity contribution in [3.63, 3.8) is 0 Å². The molecule has 1 heterocycles. The Morgan fingerprint density at radius 3 is 2.70 bits per heavy atom. The molecule has 0 spiro atoms. The standard InChI is InChI=1S/C14H25N5O/c1-10(2)20-14-18-12(15)17-13(19-14)16-9-5-8-11-6-3-4-7-11/h10-11H,3-9H2,1-2H3,(H3,15,16,17,18,19). The van der Waals surface area contributed by atoms with Crippen LogP contribution >= 0.6 is 0 Å². The first-order chi connectivity index (χ1) is 9.63. The summed E-state index contributed by atoms with van der Waals surface area (Å²) < 4.78 is 5.44. The van der Waals surface area contributed by atoms with Gasteiger partial charge in [-0.3, -0.25) is 0 Å². The molecule has 6 heteroatoms. The Balaban J connectivity index is 1.77. The molecule has 1 aliphatic rings. The van der Waals surface area contributed by atoms with Gasteiger partial charge in [-0.15, -0.1) is 0 Å². The van der Waals surface area contributed by atoms with E-state index in [0.29, 0.717) is 5.95 Å². The predicted octanol–water partition coefficient (Wildman–Crippen LogP) is 2.62. The number of aromatic nitrogens is 3.